The molecular formula is C21H22Cl2N6O3. The fourth-order valence-electron chi connectivity index (χ4n) is 3.55. The van der Waals surface area contributed by atoms with Gasteiger partial charge in [0.1, 0.15) is 0 Å². The lowest BCUT2D eigenvalue weighted by Gasteiger charge is -2.31. The molecule has 0 radical (unpaired) electrons. The van der Waals surface area contributed by atoms with Crippen LogP contribution >= 0.6 is 23.2 Å². The summed E-state index contributed by atoms with van der Waals surface area (Å²) in [6.45, 7) is 1.15. The van der Waals surface area contributed by atoms with E-state index in [1.54, 1.807) is 48.2 Å². The smallest absolute Gasteiger partial charge is 0.321 e. The maximum atomic E-state index is 12.6. The number of nitrogens with zero attached hydrogens (tertiary/aromatic N) is 5. The average Bonchev–Trinajstić information content (AvgIpc) is 3.31. The van der Waals surface area contributed by atoms with Gasteiger partial charge in [-0.1, -0.05) is 23.2 Å². The molecule has 2 amide bonds. The number of halogens is 2. The minimum Gasteiger partial charge on any atom is -0.493 e. The van der Waals surface area contributed by atoms with Gasteiger partial charge in [0.05, 0.1) is 30.3 Å². The van der Waals surface area contributed by atoms with Crippen LogP contribution in [0.25, 0.3) is 11.4 Å². The van der Waals surface area contributed by atoms with Gasteiger partial charge < -0.3 is 19.7 Å². The molecule has 0 unspecified atom stereocenters. The predicted octanol–water partition coefficient (Wildman–Crippen LogP) is 4.53. The van der Waals surface area contributed by atoms with Crippen molar-refractivity contribution in [1.82, 2.24) is 25.1 Å². The van der Waals surface area contributed by atoms with Gasteiger partial charge >= 0.3 is 6.03 Å². The Kier molecular flexibility index (Phi) is 6.66. The highest BCUT2D eigenvalue weighted by molar-refractivity contribution is 6.42. The van der Waals surface area contributed by atoms with Crippen molar-refractivity contribution in [2.45, 2.75) is 18.9 Å². The van der Waals surface area contributed by atoms with Crippen LogP contribution in [0, 0.1) is 0 Å². The van der Waals surface area contributed by atoms with Crippen molar-refractivity contribution in [3.63, 3.8) is 0 Å². The number of tetrazole rings is 1. The molecule has 2 heterocycles. The second-order valence-electron chi connectivity index (χ2n) is 7.28. The summed E-state index contributed by atoms with van der Waals surface area (Å²) in [5, 5.41) is 16.6. The molecule has 1 aliphatic rings. The van der Waals surface area contributed by atoms with Crippen LogP contribution in [0.4, 0.5) is 10.5 Å². The highest BCUT2D eigenvalue weighted by atomic mass is 35.5. The summed E-state index contributed by atoms with van der Waals surface area (Å²) in [4.78, 5) is 16.0. The number of piperidine rings is 1. The van der Waals surface area contributed by atoms with Crippen LogP contribution in [0.15, 0.2) is 36.4 Å². The quantitative estimate of drug-likeness (QED) is 0.580. The Bertz CT molecular complexity index is 1110. The third-order valence-electron chi connectivity index (χ3n) is 5.32. The van der Waals surface area contributed by atoms with Crippen LogP contribution in [-0.2, 0) is 0 Å². The SMILES string of the molecule is COc1ccc(-c2nnn(C3CCN(C(=O)Nc4ccc(Cl)c(Cl)c4)CC3)n2)cc1OC. The van der Waals surface area contributed by atoms with E-state index in [0.29, 0.717) is 46.1 Å². The Morgan fingerprint density at radius 2 is 1.78 bits per heavy atom. The maximum Gasteiger partial charge on any atom is 0.321 e. The fourth-order valence-corrected chi connectivity index (χ4v) is 3.85. The predicted molar refractivity (Wildman–Crippen MR) is 122 cm³/mol. The van der Waals surface area contributed by atoms with E-state index in [9.17, 15) is 4.79 Å². The molecule has 0 aliphatic carbocycles. The van der Waals surface area contributed by atoms with Crippen LogP contribution in [0.3, 0.4) is 0 Å². The van der Waals surface area contributed by atoms with Crippen molar-refractivity contribution in [3.8, 4) is 22.9 Å². The lowest BCUT2D eigenvalue weighted by molar-refractivity contribution is 0.175. The Balaban J connectivity index is 1.37. The summed E-state index contributed by atoms with van der Waals surface area (Å²) in [7, 11) is 3.17. The van der Waals surface area contributed by atoms with Crippen molar-refractivity contribution in [2.75, 3.05) is 32.6 Å². The number of hydrogen-bond acceptors (Lipinski definition) is 6. The molecule has 0 spiro atoms. The Morgan fingerprint density at radius 3 is 2.47 bits per heavy atom. The van der Waals surface area contributed by atoms with Crippen LogP contribution in [0.2, 0.25) is 10.0 Å². The van der Waals surface area contributed by atoms with E-state index in [0.717, 1.165) is 18.4 Å². The molecule has 4 rings (SSSR count). The second-order valence-corrected chi connectivity index (χ2v) is 8.09. The first-order valence-electron chi connectivity index (χ1n) is 10.0. The van der Waals surface area contributed by atoms with Gasteiger partial charge in [-0.15, -0.1) is 10.2 Å². The number of ether oxygens (including phenoxy) is 2. The first kappa shape index (κ1) is 22.2. The average molecular weight is 477 g/mol. The molecule has 0 saturated carbocycles. The number of nitrogens with one attached hydrogen (secondary N) is 1. The van der Waals surface area contributed by atoms with E-state index in [4.69, 9.17) is 32.7 Å². The molecule has 9 nitrogen and oxygen atoms in total. The molecule has 1 saturated heterocycles. The van der Waals surface area contributed by atoms with Crippen molar-refractivity contribution < 1.29 is 14.3 Å². The van der Waals surface area contributed by atoms with Gasteiger partial charge in [-0.05, 0) is 54.5 Å². The van der Waals surface area contributed by atoms with Crippen molar-refractivity contribution in [2.24, 2.45) is 0 Å². The molecule has 1 N–H and O–H groups in total. The lowest BCUT2D eigenvalue weighted by atomic mass is 10.1. The van der Waals surface area contributed by atoms with Gasteiger partial charge in [0.25, 0.3) is 0 Å². The van der Waals surface area contributed by atoms with E-state index >= 15 is 0 Å². The Hall–Kier alpha value is -3.04. The monoisotopic (exact) mass is 476 g/mol. The van der Waals surface area contributed by atoms with Gasteiger partial charge in [-0.2, -0.15) is 4.80 Å². The molecule has 1 fully saturated rings. The van der Waals surface area contributed by atoms with E-state index in [2.05, 4.69) is 20.7 Å². The minimum atomic E-state index is -0.181. The number of rotatable bonds is 5. The van der Waals surface area contributed by atoms with Gasteiger partial charge in [0, 0.05) is 24.3 Å². The van der Waals surface area contributed by atoms with E-state index in [1.807, 2.05) is 12.1 Å². The largest absolute Gasteiger partial charge is 0.493 e. The highest BCUT2D eigenvalue weighted by Crippen LogP contribution is 2.31. The highest BCUT2D eigenvalue weighted by Gasteiger charge is 2.26. The number of aromatic nitrogens is 4. The summed E-state index contributed by atoms with van der Waals surface area (Å²) < 4.78 is 10.6. The fraction of sp³-hybridized carbons (Fsp3) is 0.333. The lowest BCUT2D eigenvalue weighted by Crippen LogP contribution is -2.41. The first-order chi connectivity index (χ1) is 15.5. The van der Waals surface area contributed by atoms with E-state index < -0.39 is 0 Å². The minimum absolute atomic E-state index is 0.0606. The van der Waals surface area contributed by atoms with E-state index in [-0.39, 0.29) is 12.1 Å². The summed E-state index contributed by atoms with van der Waals surface area (Å²) >= 11 is 11.9. The number of methoxy groups -OCH3 is 2. The molecule has 3 aromatic rings. The second kappa shape index (κ2) is 9.62. The number of amides is 2. The number of likely N-dealkylation sites (tertiary alicyclic amines) is 1. The molecule has 168 valence electrons. The van der Waals surface area contributed by atoms with Crippen molar-refractivity contribution in [1.29, 1.82) is 0 Å². The number of anilines is 1. The molecular weight excluding hydrogens is 455 g/mol. The third-order valence-corrected chi connectivity index (χ3v) is 6.06. The third kappa shape index (κ3) is 4.73. The van der Waals surface area contributed by atoms with Gasteiger partial charge in [0.2, 0.25) is 5.82 Å². The zero-order valence-electron chi connectivity index (χ0n) is 17.6. The van der Waals surface area contributed by atoms with Crippen molar-refractivity contribution in [3.05, 3.63) is 46.4 Å². The summed E-state index contributed by atoms with van der Waals surface area (Å²) in [5.41, 5.74) is 1.39. The van der Waals surface area contributed by atoms with Crippen LogP contribution < -0.4 is 14.8 Å². The summed E-state index contributed by atoms with van der Waals surface area (Å²) in [5.74, 6) is 1.74. The molecule has 11 heteroatoms. The number of carbonyl (C=O) groups excluding carboxylic acids is 1. The zero-order chi connectivity index (χ0) is 22.7. The topological polar surface area (TPSA) is 94.4 Å². The number of benzene rings is 2. The number of hydrogen-bond donors (Lipinski definition) is 1. The Labute approximate surface area is 195 Å². The summed E-state index contributed by atoms with van der Waals surface area (Å²) in [6, 6.07) is 10.4. The van der Waals surface area contributed by atoms with Gasteiger partial charge in [0.15, 0.2) is 11.5 Å². The van der Waals surface area contributed by atoms with Gasteiger partial charge in [-0.3, -0.25) is 0 Å². The summed E-state index contributed by atoms with van der Waals surface area (Å²) in [6.07, 6.45) is 1.44. The van der Waals surface area contributed by atoms with Gasteiger partial charge in [-0.25, -0.2) is 4.79 Å². The molecule has 0 atom stereocenters. The van der Waals surface area contributed by atoms with Crippen LogP contribution in [-0.4, -0.2) is 58.4 Å². The van der Waals surface area contributed by atoms with Crippen molar-refractivity contribution >= 4 is 34.9 Å². The van der Waals surface area contributed by atoms with Crippen LogP contribution in [0.1, 0.15) is 18.9 Å². The maximum absolute atomic E-state index is 12.6. The van der Waals surface area contributed by atoms with E-state index in [1.165, 1.54) is 0 Å². The molecule has 0 bridgehead atoms. The Morgan fingerprint density at radius 1 is 1.03 bits per heavy atom. The molecule has 32 heavy (non-hydrogen) atoms. The zero-order valence-corrected chi connectivity index (χ0v) is 19.1. The number of carbonyl (C=O) groups is 1. The molecule has 2 aromatic carbocycles. The molecule has 1 aliphatic heterocycles. The molecule has 1 aromatic heterocycles. The standard InChI is InChI=1S/C21H22Cl2N6O3/c1-31-18-6-3-13(11-19(18)32-2)20-25-27-29(26-20)15-7-9-28(10-8-15)21(30)24-14-4-5-16(22)17(23)12-14/h3-6,11-12,15H,7-10H2,1-2H3,(H,24,30). The first-order valence-corrected chi connectivity index (χ1v) is 10.8. The normalized spacial score (nSPS) is 14.3. The number of urea groups is 1. The van der Waals surface area contributed by atoms with Crippen LogP contribution in [0.5, 0.6) is 11.5 Å².